The van der Waals surface area contributed by atoms with Crippen molar-refractivity contribution in [3.05, 3.63) is 200 Å². The number of hydrogen-bond acceptors (Lipinski definition) is 2. The molecule has 9 aromatic rings. The number of aromatic nitrogens is 1. The summed E-state index contributed by atoms with van der Waals surface area (Å²) in [6, 6.07) is 71.5. The smallest absolute Gasteiger partial charge is 0.0542 e. The van der Waals surface area contributed by atoms with Crippen LogP contribution in [-0.4, -0.2) is 4.57 Å². The third-order valence-electron chi connectivity index (χ3n) is 9.31. The van der Waals surface area contributed by atoms with E-state index in [2.05, 4.69) is 215 Å². The quantitative estimate of drug-likeness (QED) is 0.174. The average molecular weight is 628 g/mol. The molecule has 49 heavy (non-hydrogen) atoms. The van der Waals surface area contributed by atoms with Crippen molar-refractivity contribution in [3.63, 3.8) is 0 Å². The monoisotopic (exact) mass is 627 g/mol. The van der Waals surface area contributed by atoms with Gasteiger partial charge >= 0.3 is 0 Å². The van der Waals surface area contributed by atoms with Crippen LogP contribution in [0.15, 0.2) is 200 Å². The lowest BCUT2D eigenvalue weighted by atomic mass is 10.1. The van der Waals surface area contributed by atoms with E-state index in [1.165, 1.54) is 38.3 Å². The molecule has 0 fully saturated rings. The minimum Gasteiger partial charge on any atom is -0.310 e. The SMILES string of the molecule is c1ccc(N(c2ccccc2)c2ccc3c(c2)c2cc(N(c4ccccc4)c4ccccc4)ccc2n3-c2cccc3ccccc23)cc1. The van der Waals surface area contributed by atoms with Crippen LogP contribution in [0.25, 0.3) is 38.3 Å². The van der Waals surface area contributed by atoms with Gasteiger partial charge in [-0.25, -0.2) is 0 Å². The third-order valence-corrected chi connectivity index (χ3v) is 9.31. The number of nitrogens with zero attached hydrogens (tertiary/aromatic N) is 3. The van der Waals surface area contributed by atoms with Gasteiger partial charge in [0.1, 0.15) is 0 Å². The zero-order valence-corrected chi connectivity index (χ0v) is 26.9. The van der Waals surface area contributed by atoms with Gasteiger partial charge in [-0.15, -0.1) is 0 Å². The molecule has 1 heterocycles. The zero-order valence-electron chi connectivity index (χ0n) is 26.9. The van der Waals surface area contributed by atoms with Gasteiger partial charge in [-0.05, 0) is 96.4 Å². The highest BCUT2D eigenvalue weighted by atomic mass is 15.1. The van der Waals surface area contributed by atoms with Gasteiger partial charge in [-0.2, -0.15) is 0 Å². The molecule has 232 valence electrons. The summed E-state index contributed by atoms with van der Waals surface area (Å²) < 4.78 is 2.44. The van der Waals surface area contributed by atoms with E-state index in [9.17, 15) is 0 Å². The molecule has 0 amide bonds. The number of rotatable bonds is 7. The highest BCUT2D eigenvalue weighted by molar-refractivity contribution is 6.13. The molecule has 3 heteroatoms. The minimum atomic E-state index is 1.11. The van der Waals surface area contributed by atoms with Crippen molar-refractivity contribution < 1.29 is 0 Å². The molecule has 0 unspecified atom stereocenters. The van der Waals surface area contributed by atoms with Crippen molar-refractivity contribution in [1.29, 1.82) is 0 Å². The zero-order chi connectivity index (χ0) is 32.6. The van der Waals surface area contributed by atoms with E-state index in [0.29, 0.717) is 0 Å². The Labute approximate surface area is 286 Å². The van der Waals surface area contributed by atoms with E-state index in [0.717, 1.165) is 34.1 Å². The predicted molar refractivity (Wildman–Crippen MR) is 208 cm³/mol. The highest BCUT2D eigenvalue weighted by Gasteiger charge is 2.20. The average Bonchev–Trinajstić information content (AvgIpc) is 3.49. The van der Waals surface area contributed by atoms with Crippen LogP contribution >= 0.6 is 0 Å². The van der Waals surface area contributed by atoms with Gasteiger partial charge in [0.05, 0.1) is 16.7 Å². The van der Waals surface area contributed by atoms with Crippen LogP contribution in [0.1, 0.15) is 0 Å². The third kappa shape index (κ3) is 5.09. The lowest BCUT2D eigenvalue weighted by molar-refractivity contribution is 1.19. The summed E-state index contributed by atoms with van der Waals surface area (Å²) in [5, 5.41) is 4.84. The molecule has 0 saturated heterocycles. The molecular formula is C46H33N3. The van der Waals surface area contributed by atoms with Crippen LogP contribution in [-0.2, 0) is 0 Å². The van der Waals surface area contributed by atoms with Crippen LogP contribution < -0.4 is 9.80 Å². The van der Waals surface area contributed by atoms with E-state index in [-0.39, 0.29) is 0 Å². The Bertz CT molecular complexity index is 2320. The number of para-hydroxylation sites is 4. The van der Waals surface area contributed by atoms with Crippen LogP contribution in [0.3, 0.4) is 0 Å². The Kier molecular flexibility index (Phi) is 7.14. The normalized spacial score (nSPS) is 11.3. The van der Waals surface area contributed by atoms with Crippen LogP contribution in [0, 0.1) is 0 Å². The van der Waals surface area contributed by atoms with Crippen molar-refractivity contribution in [2.75, 3.05) is 9.80 Å². The van der Waals surface area contributed by atoms with E-state index in [1.54, 1.807) is 0 Å². The van der Waals surface area contributed by atoms with Crippen molar-refractivity contribution in [1.82, 2.24) is 4.57 Å². The van der Waals surface area contributed by atoms with Crippen molar-refractivity contribution in [3.8, 4) is 5.69 Å². The largest absolute Gasteiger partial charge is 0.310 e. The molecule has 0 radical (unpaired) electrons. The molecule has 0 N–H and O–H groups in total. The Morgan fingerprint density at radius 2 is 0.673 bits per heavy atom. The fourth-order valence-corrected chi connectivity index (χ4v) is 7.14. The molecule has 0 aliphatic heterocycles. The molecule has 0 aliphatic rings. The van der Waals surface area contributed by atoms with E-state index < -0.39 is 0 Å². The molecule has 0 aliphatic carbocycles. The molecule has 0 atom stereocenters. The fourth-order valence-electron chi connectivity index (χ4n) is 7.14. The highest BCUT2D eigenvalue weighted by Crippen LogP contribution is 2.43. The van der Waals surface area contributed by atoms with Crippen molar-refractivity contribution >= 4 is 66.7 Å². The lowest BCUT2D eigenvalue weighted by Crippen LogP contribution is -2.09. The molecule has 1 aromatic heterocycles. The van der Waals surface area contributed by atoms with E-state index in [1.807, 2.05) is 0 Å². The Morgan fingerprint density at radius 1 is 0.286 bits per heavy atom. The number of benzene rings is 8. The summed E-state index contributed by atoms with van der Waals surface area (Å²) in [5.74, 6) is 0. The maximum atomic E-state index is 2.44. The molecule has 8 aromatic carbocycles. The lowest BCUT2D eigenvalue weighted by Gasteiger charge is -2.26. The first-order valence-corrected chi connectivity index (χ1v) is 16.7. The molecule has 3 nitrogen and oxygen atoms in total. The Hall–Kier alpha value is -6.58. The summed E-state index contributed by atoms with van der Waals surface area (Å²) >= 11 is 0. The van der Waals surface area contributed by atoms with Gasteiger partial charge in [0, 0.05) is 50.3 Å². The molecular weight excluding hydrogens is 595 g/mol. The summed E-state index contributed by atoms with van der Waals surface area (Å²) in [4.78, 5) is 4.68. The summed E-state index contributed by atoms with van der Waals surface area (Å²) in [7, 11) is 0. The standard InChI is InChI=1S/C46H33N3/c1-5-18-35(19-6-1)47(36-20-7-2-8-21-36)39-28-30-45-42(32-39)43-33-40(48(37-22-9-3-10-23-37)38-24-11-4-12-25-38)29-31-46(43)49(45)44-27-15-17-34-16-13-14-26-41(34)44/h1-33H. The second-order valence-electron chi connectivity index (χ2n) is 12.2. The van der Waals surface area contributed by atoms with Gasteiger partial charge in [-0.3, -0.25) is 0 Å². The van der Waals surface area contributed by atoms with Crippen LogP contribution in [0.2, 0.25) is 0 Å². The van der Waals surface area contributed by atoms with E-state index >= 15 is 0 Å². The van der Waals surface area contributed by atoms with Gasteiger partial charge in [0.15, 0.2) is 0 Å². The summed E-state index contributed by atoms with van der Waals surface area (Å²) in [6.45, 7) is 0. The van der Waals surface area contributed by atoms with Gasteiger partial charge in [-0.1, -0.05) is 109 Å². The molecule has 0 saturated carbocycles. The first-order chi connectivity index (χ1) is 24.3. The summed E-state index contributed by atoms with van der Waals surface area (Å²) in [6.07, 6.45) is 0. The van der Waals surface area contributed by atoms with Crippen molar-refractivity contribution in [2.24, 2.45) is 0 Å². The van der Waals surface area contributed by atoms with Gasteiger partial charge in [0.25, 0.3) is 0 Å². The maximum Gasteiger partial charge on any atom is 0.0542 e. The number of anilines is 6. The number of fused-ring (bicyclic) bond motifs is 4. The van der Waals surface area contributed by atoms with Crippen molar-refractivity contribution in [2.45, 2.75) is 0 Å². The first kappa shape index (κ1) is 28.6. The topological polar surface area (TPSA) is 11.4 Å². The Balaban J connectivity index is 1.34. The first-order valence-electron chi connectivity index (χ1n) is 16.7. The second kappa shape index (κ2) is 12.2. The molecule has 0 bridgehead atoms. The predicted octanol–water partition coefficient (Wildman–Crippen LogP) is 12.9. The molecule has 0 spiro atoms. The number of hydrogen-bond donors (Lipinski definition) is 0. The van der Waals surface area contributed by atoms with Gasteiger partial charge in [0.2, 0.25) is 0 Å². The maximum absolute atomic E-state index is 2.44. The fraction of sp³-hybridized carbons (Fsp3) is 0. The summed E-state index contributed by atoms with van der Waals surface area (Å²) in [5.41, 5.74) is 10.2. The van der Waals surface area contributed by atoms with E-state index in [4.69, 9.17) is 0 Å². The van der Waals surface area contributed by atoms with Crippen LogP contribution in [0.5, 0.6) is 0 Å². The minimum absolute atomic E-state index is 1.11. The molecule has 9 rings (SSSR count). The van der Waals surface area contributed by atoms with Gasteiger partial charge < -0.3 is 14.4 Å². The van der Waals surface area contributed by atoms with Crippen LogP contribution in [0.4, 0.5) is 34.1 Å². The second-order valence-corrected chi connectivity index (χ2v) is 12.2. The Morgan fingerprint density at radius 3 is 1.12 bits per heavy atom.